The quantitative estimate of drug-likeness (QED) is 0.0483. The van der Waals surface area contributed by atoms with Gasteiger partial charge >= 0.3 is 243 Å². The molecule has 0 spiro atoms. The van der Waals surface area contributed by atoms with Crippen molar-refractivity contribution >= 4 is 337 Å². The third kappa shape index (κ3) is 98.3. The Labute approximate surface area is 848 Å². The Morgan fingerprint density at radius 2 is 0.589 bits per heavy atom. The van der Waals surface area contributed by atoms with Crippen molar-refractivity contribution in [1.82, 2.24) is 0 Å². The molecule has 0 saturated carbocycles. The fourth-order valence-electron chi connectivity index (χ4n) is 6.65. The molecular weight excluding hydrogens is 2150 g/mol. The molecule has 2 aromatic carbocycles. The summed E-state index contributed by atoms with van der Waals surface area (Å²) >= 11 is 0. The van der Waals surface area contributed by atoms with Crippen molar-refractivity contribution in [1.29, 1.82) is 0 Å². The molecule has 1 aromatic heterocycles. The molecule has 0 radical (unpaired) electrons. The van der Waals surface area contributed by atoms with Gasteiger partial charge in [-0.25, -0.2) is 67.3 Å². The van der Waals surface area contributed by atoms with Crippen LogP contribution in [0.15, 0.2) is 45.6 Å². The third-order valence-corrected chi connectivity index (χ3v) is 12.5. The van der Waals surface area contributed by atoms with E-state index in [0.717, 1.165) is 25.3 Å². The summed E-state index contributed by atoms with van der Waals surface area (Å²) in [5, 5.41) is -1.03. The zero-order chi connectivity index (χ0) is 56.8. The normalized spacial score (nSPS) is 15.5. The van der Waals surface area contributed by atoms with E-state index in [9.17, 15) is 109 Å². The van der Waals surface area contributed by atoms with Gasteiger partial charge in [0.2, 0.25) is 68.7 Å². The number of methoxy groups -OCH3 is 1. The van der Waals surface area contributed by atoms with Gasteiger partial charge in [-0.15, -0.1) is 0 Å². The number of rotatable bonds is 23. The first-order chi connectivity index (χ1) is 33.9. The second kappa shape index (κ2) is 117. The third-order valence-electron chi connectivity index (χ3n) is 8.97. The van der Waals surface area contributed by atoms with Gasteiger partial charge < -0.3 is 265 Å². The van der Waals surface area contributed by atoms with E-state index in [1.165, 1.54) is 0 Å². The molecule has 5 rings (SSSR count). The summed E-state index contributed by atoms with van der Waals surface area (Å²) in [4.78, 5) is 13.5. The van der Waals surface area contributed by atoms with E-state index < -0.39 is 196 Å². The molecule has 2 aliphatic rings. The Hall–Kier alpha value is 1.82. The summed E-state index contributed by atoms with van der Waals surface area (Å²) in [6.07, 6.45) is -30.3. The Bertz CT molecular complexity index is 3720. The monoisotopic (exact) mass is 2210 g/mol. The van der Waals surface area contributed by atoms with E-state index in [-0.39, 0.29) is 446 Å². The number of ether oxygens (including phenoxy) is 5. The second-order valence-corrected chi connectivity index (χ2v) is 22.2. The van der Waals surface area contributed by atoms with Gasteiger partial charge in [-0.05, 0) is 25.1 Å². The van der Waals surface area contributed by atoms with E-state index in [4.69, 9.17) is 28.1 Å². The van der Waals surface area contributed by atoms with Crippen molar-refractivity contribution in [2.75, 3.05) is 13.7 Å². The molecule has 96 heteroatoms. The van der Waals surface area contributed by atoms with Crippen LogP contribution in [-0.2, 0) is 123 Å². The van der Waals surface area contributed by atoms with E-state index >= 15 is 0 Å². The Kier molecular flexibility index (Phi) is 283. The molecule has 3 heterocycles. The van der Waals surface area contributed by atoms with Crippen molar-refractivity contribution in [3.8, 4) is 34.3 Å². The van der Waals surface area contributed by atoms with Crippen LogP contribution in [0.4, 0.5) is 0 Å². The van der Waals surface area contributed by atoms with Gasteiger partial charge in [0.05, 0.1) is 19.8 Å². The standard InChI is InChI=1S/C28H32O39S8.14Al.35H2O/c1-10-21(62-70(36,37)38)23(64-72(42,43)44)25(66-74(48,49)50)27(56-10)55-9-19-22(63-71(39,40)41)24(65-73(45,46)47)26(67-75(51,52)53)28(59-19)57-12-6-17-20(18(7-12)61-69(33,34)35)13(29)8-15(58-17)11-3-4-14(54-2)16(5-11)60-68(30,31)32;;;;;;;;;;;;;;;;;;;;;;;;;;;;;;;;;;;;;;;;;;;;;;;;;/h3-8,10,19,21-28H,9H2,1-2H3,(H,30,31,32)(H,33,34,35)(H,36,37,38)(H,39,40,41)(H,42,43,44)(H,45,46,47)(H,48,49,50)(H,51,52,53);;;;;;;;;;;;;;;35*1H2/q;14*+3;;;;;;;;;;;;;;;;;;;;;;;;;;;;;;;;;;;/p-43. The topological polar surface area (TPSA) is 1660 Å². The maximum Gasteiger partial charge on any atom is 3.00 e. The van der Waals surface area contributed by atoms with E-state index in [1.807, 2.05) is 0 Å². The van der Waals surface area contributed by atoms with Crippen LogP contribution in [0.25, 0.3) is 22.3 Å². The molecular formula is C28H59Al14O74S8-. The van der Waals surface area contributed by atoms with Crippen LogP contribution in [0, 0.1) is 0 Å². The average Bonchev–Trinajstić information content (AvgIpc) is 3.18. The molecule has 3 aromatic rings. The summed E-state index contributed by atoms with van der Waals surface area (Å²) in [6, 6.07) is 3.90. The van der Waals surface area contributed by atoms with E-state index in [1.54, 1.807) is 0 Å². The first-order valence-corrected chi connectivity index (χ1v) is 29.1. The fourth-order valence-corrected chi connectivity index (χ4v) is 10.3. The van der Waals surface area contributed by atoms with Crippen molar-refractivity contribution in [3.63, 3.8) is 0 Å². The summed E-state index contributed by atoms with van der Waals surface area (Å²) in [7, 11) is -48.5. The van der Waals surface area contributed by atoms with Gasteiger partial charge in [-0.2, -0.15) is 0 Å². The van der Waals surface area contributed by atoms with Gasteiger partial charge in [-0.1, -0.05) is 0 Å². The van der Waals surface area contributed by atoms with Crippen molar-refractivity contribution in [3.05, 3.63) is 46.6 Å². The average molecular weight is 2210 g/mol. The van der Waals surface area contributed by atoms with E-state index in [2.05, 4.69) is 33.5 Å². The molecule has 10 unspecified atom stereocenters. The largest absolute Gasteiger partial charge is 3.00 e. The Morgan fingerprint density at radius 1 is 0.315 bits per heavy atom. The number of fused-ring (bicyclic) bond motifs is 1. The number of benzene rings is 2. The molecule has 0 bridgehead atoms. The van der Waals surface area contributed by atoms with Gasteiger partial charge in [0.15, 0.2) is 41.2 Å². The fraction of sp³-hybridized carbons (Fsp3) is 0.464. The van der Waals surface area contributed by atoms with Crippen LogP contribution < -0.4 is 23.3 Å². The predicted octanol–water partition coefficient (Wildman–Crippen LogP) is -17.4. The molecule has 35 N–H and O–H groups in total. The zero-order valence-corrected chi connectivity index (χ0v) is 82.1. The van der Waals surface area contributed by atoms with Crippen LogP contribution in [0.5, 0.6) is 23.0 Å². The van der Waals surface area contributed by atoms with Crippen LogP contribution in [0.1, 0.15) is 6.92 Å². The molecule has 10 atom stereocenters. The molecule has 0 amide bonds. The van der Waals surface area contributed by atoms with Gasteiger partial charge in [-0.3, -0.25) is 29.9 Å². The number of hydrogen-bond donors (Lipinski definition) is 0. The molecule has 0 aliphatic carbocycles. The van der Waals surface area contributed by atoms with Crippen molar-refractivity contribution in [2.24, 2.45) is 0 Å². The molecule has 2 fully saturated rings. The predicted molar refractivity (Wildman–Crippen MR) is 360 cm³/mol. The van der Waals surface area contributed by atoms with Crippen LogP contribution in [0.3, 0.4) is 0 Å². The molecule has 124 heavy (non-hydrogen) atoms. The minimum Gasteiger partial charge on any atom is -0.870 e. The maximum absolute atomic E-state index is 13.5. The summed E-state index contributed by atoms with van der Waals surface area (Å²) in [6.45, 7) is -1.23. The summed E-state index contributed by atoms with van der Waals surface area (Å²) in [5.74, 6) is -4.55. The van der Waals surface area contributed by atoms with Crippen molar-refractivity contribution in [2.45, 2.75) is 68.3 Å². The van der Waals surface area contributed by atoms with Crippen LogP contribution in [0.2, 0.25) is 0 Å². The molecule has 74 nitrogen and oxygen atoms in total. The summed E-state index contributed by atoms with van der Waals surface area (Å²) < 4.78 is 348. The van der Waals surface area contributed by atoms with Crippen molar-refractivity contribution < 1.29 is 357 Å². The van der Waals surface area contributed by atoms with Gasteiger partial charge in [0.25, 0.3) is 20.8 Å². The van der Waals surface area contributed by atoms with Crippen LogP contribution >= 0.6 is 0 Å². The zero-order valence-electron chi connectivity index (χ0n) is 59.4. The van der Waals surface area contributed by atoms with Gasteiger partial charge in [0.1, 0.15) is 53.0 Å². The first kappa shape index (κ1) is 300. The second-order valence-electron chi connectivity index (χ2n) is 14.1. The minimum atomic E-state index is -6.48. The first-order valence-electron chi connectivity index (χ1n) is 18.4. The Balaban J connectivity index is -0.0000000296. The molecule has 706 valence electrons. The summed E-state index contributed by atoms with van der Waals surface area (Å²) in [5.41, 5.74) is -2.75. The maximum atomic E-state index is 13.5. The van der Waals surface area contributed by atoms with Crippen LogP contribution in [-0.4, -0.2) is 614 Å². The van der Waals surface area contributed by atoms with E-state index in [0.29, 0.717) is 19.1 Å². The number of hydrogen-bond acceptors (Lipinski definition) is 74. The smallest absolute Gasteiger partial charge is 0.870 e. The Morgan fingerprint density at radius 3 is 0.887 bits per heavy atom. The SMILES string of the molecule is COc1ccc(-c2cc(=O)c3c(OS(=O)(=O)[O-])cc(OC4OC(COC5OC(C)C(OS(=O)(=O)[O-])C(OS(=O)(=O)[O-])C5OS(=O)(=O)[O-])C(OS(=O)(=O)[O-])C(OS(=O)(=O)[O-])C4OS(=O)(=O)[O-])cc3o2)cc1OS(=O)(=O)[O-].[Al+3].[Al+3].[Al+3].[Al+3].[Al+3].[Al+3].[Al+3].[Al+3].[Al+3].[Al+3].[Al+3].[Al+3].[Al+3].[Al+3].[OH-].[OH-].[OH-].[OH-].[OH-].[OH-].[OH-].[OH-].[OH-].[OH-].[OH-].[OH-].[OH-].[OH-].[OH-].[OH-].[OH-].[OH-].[OH-].[OH-].[OH-].[OH-].[OH-].[OH-].[OH-].[OH-].[OH-].[OH-].[OH-].[OH-].[OH-].[OH-].[OH-].[OH-].[OH-]. The van der Waals surface area contributed by atoms with Gasteiger partial charge in [0, 0.05) is 23.8 Å². The molecule has 2 aliphatic heterocycles. The minimum absolute atomic E-state index is 0. The molecule has 2 saturated heterocycles.